The summed E-state index contributed by atoms with van der Waals surface area (Å²) in [5, 5.41) is 7.41. The molecule has 0 spiro atoms. The van der Waals surface area contributed by atoms with E-state index in [1.165, 1.54) is 18.4 Å². The molecule has 29 heavy (non-hydrogen) atoms. The highest BCUT2D eigenvalue weighted by molar-refractivity contribution is 6.03. The molecule has 0 aliphatic heterocycles. The molecule has 1 aliphatic rings. The Hall–Kier alpha value is -3.15. The summed E-state index contributed by atoms with van der Waals surface area (Å²) in [5.74, 6) is 0.427. The van der Waals surface area contributed by atoms with E-state index < -0.39 is 6.04 Å². The molecule has 1 atom stereocenters. The first-order chi connectivity index (χ1) is 14.2. The van der Waals surface area contributed by atoms with Crippen molar-refractivity contribution in [3.05, 3.63) is 77.4 Å². The van der Waals surface area contributed by atoms with Gasteiger partial charge in [-0.15, -0.1) is 0 Å². The largest absolute Gasteiger partial charge is 0.497 e. The van der Waals surface area contributed by atoms with Crippen molar-refractivity contribution in [3.63, 3.8) is 0 Å². The third-order valence-electron chi connectivity index (χ3n) is 5.45. The number of anilines is 1. The lowest BCUT2D eigenvalue weighted by molar-refractivity contribution is 0.0967. The molecule has 1 heterocycles. The van der Waals surface area contributed by atoms with Gasteiger partial charge in [0.2, 0.25) is 0 Å². The van der Waals surface area contributed by atoms with Crippen molar-refractivity contribution in [1.29, 1.82) is 0 Å². The van der Waals surface area contributed by atoms with E-state index >= 15 is 0 Å². The van der Waals surface area contributed by atoms with E-state index in [1.807, 2.05) is 24.3 Å². The Morgan fingerprint density at radius 1 is 1.21 bits per heavy atom. The number of methoxy groups -OCH3 is 1. The minimum atomic E-state index is -0.706. The number of rotatable bonds is 7. The number of ether oxygens (including phenoxy) is 1. The van der Waals surface area contributed by atoms with Gasteiger partial charge < -0.3 is 14.6 Å². The van der Waals surface area contributed by atoms with Crippen molar-refractivity contribution in [1.82, 2.24) is 5.16 Å². The Balaban J connectivity index is 1.69. The second-order valence-electron chi connectivity index (χ2n) is 7.32. The number of carbonyl (C=O) groups excluding carboxylic acids is 1. The molecule has 150 valence electrons. The molecule has 3 aromatic rings. The van der Waals surface area contributed by atoms with E-state index in [4.69, 9.17) is 9.26 Å². The standard InChI is InChI=1S/C23H23FN2O3/c1-28-19-8-4-7-18(13-19)25-22(16-9-11-17(24)12-10-16)23(27)20-14-29-26-21(20)15-5-2-3-6-15/h4,7-15,22,25H,2-3,5-6H2,1H3. The third kappa shape index (κ3) is 4.16. The summed E-state index contributed by atoms with van der Waals surface area (Å²) < 4.78 is 23.9. The third-order valence-corrected chi connectivity index (χ3v) is 5.45. The van der Waals surface area contributed by atoms with Gasteiger partial charge >= 0.3 is 0 Å². The van der Waals surface area contributed by atoms with Gasteiger partial charge in [0.05, 0.1) is 18.4 Å². The van der Waals surface area contributed by atoms with E-state index in [9.17, 15) is 9.18 Å². The molecule has 1 N–H and O–H groups in total. The lowest BCUT2D eigenvalue weighted by atomic mass is 9.92. The molecule has 2 aromatic carbocycles. The Kier molecular flexibility index (Phi) is 5.60. The quantitative estimate of drug-likeness (QED) is 0.535. The molecule has 0 amide bonds. The van der Waals surface area contributed by atoms with Gasteiger partial charge in [-0.25, -0.2) is 4.39 Å². The van der Waals surface area contributed by atoms with E-state index in [0.717, 1.165) is 37.1 Å². The molecule has 1 aliphatic carbocycles. The van der Waals surface area contributed by atoms with Crippen molar-refractivity contribution >= 4 is 11.5 Å². The van der Waals surface area contributed by atoms with E-state index in [-0.39, 0.29) is 17.5 Å². The minimum Gasteiger partial charge on any atom is -0.497 e. The highest BCUT2D eigenvalue weighted by atomic mass is 19.1. The average Bonchev–Trinajstić information content (AvgIpc) is 3.44. The van der Waals surface area contributed by atoms with Gasteiger partial charge in [-0.1, -0.05) is 36.2 Å². The van der Waals surface area contributed by atoms with Gasteiger partial charge in [0.1, 0.15) is 23.9 Å². The monoisotopic (exact) mass is 394 g/mol. The predicted octanol–water partition coefficient (Wildman–Crippen LogP) is 5.52. The number of nitrogens with one attached hydrogen (secondary N) is 1. The van der Waals surface area contributed by atoms with Gasteiger partial charge in [-0.2, -0.15) is 0 Å². The summed E-state index contributed by atoms with van der Waals surface area (Å²) in [6.07, 6.45) is 5.72. The fraction of sp³-hybridized carbons (Fsp3) is 0.304. The van der Waals surface area contributed by atoms with Crippen molar-refractivity contribution in [2.45, 2.75) is 37.6 Å². The number of aromatic nitrogens is 1. The molecule has 0 radical (unpaired) electrons. The number of Topliss-reactive ketones (excluding diaryl/α,β-unsaturated/α-hetero) is 1. The summed E-state index contributed by atoms with van der Waals surface area (Å²) in [6, 6.07) is 12.6. The number of benzene rings is 2. The summed E-state index contributed by atoms with van der Waals surface area (Å²) >= 11 is 0. The fourth-order valence-electron chi connectivity index (χ4n) is 3.91. The van der Waals surface area contributed by atoms with Crippen LogP contribution < -0.4 is 10.1 Å². The number of hydrogen-bond donors (Lipinski definition) is 1. The smallest absolute Gasteiger partial charge is 0.194 e. The zero-order chi connectivity index (χ0) is 20.2. The fourth-order valence-corrected chi connectivity index (χ4v) is 3.91. The van der Waals surface area contributed by atoms with Crippen LogP contribution in [-0.2, 0) is 0 Å². The highest BCUT2D eigenvalue weighted by Crippen LogP contribution is 2.36. The zero-order valence-electron chi connectivity index (χ0n) is 16.2. The Bertz CT molecular complexity index is 978. The molecular weight excluding hydrogens is 371 g/mol. The zero-order valence-corrected chi connectivity index (χ0v) is 16.2. The summed E-state index contributed by atoms with van der Waals surface area (Å²) in [7, 11) is 1.59. The summed E-state index contributed by atoms with van der Waals surface area (Å²) in [4.78, 5) is 13.5. The number of ketones is 1. The Morgan fingerprint density at radius 3 is 2.69 bits per heavy atom. The molecule has 1 fully saturated rings. The average molecular weight is 394 g/mol. The Labute approximate surface area is 168 Å². The second-order valence-corrected chi connectivity index (χ2v) is 7.32. The predicted molar refractivity (Wildman–Crippen MR) is 108 cm³/mol. The number of halogens is 1. The van der Waals surface area contributed by atoms with Gasteiger partial charge in [0.25, 0.3) is 0 Å². The summed E-state index contributed by atoms with van der Waals surface area (Å²) in [5.41, 5.74) is 2.61. The van der Waals surface area contributed by atoms with E-state index in [0.29, 0.717) is 16.9 Å². The van der Waals surface area contributed by atoms with Gasteiger partial charge in [-0.3, -0.25) is 4.79 Å². The van der Waals surface area contributed by atoms with Crippen molar-refractivity contribution in [2.24, 2.45) is 0 Å². The summed E-state index contributed by atoms with van der Waals surface area (Å²) in [6.45, 7) is 0. The molecule has 1 saturated carbocycles. The molecule has 4 rings (SSSR count). The van der Waals surface area contributed by atoms with Crippen LogP contribution in [0, 0.1) is 5.82 Å². The molecule has 6 heteroatoms. The van der Waals surface area contributed by atoms with Crippen LogP contribution in [0.4, 0.5) is 10.1 Å². The molecule has 1 unspecified atom stereocenters. The van der Waals surface area contributed by atoms with Gasteiger partial charge in [0.15, 0.2) is 5.78 Å². The Morgan fingerprint density at radius 2 is 1.97 bits per heavy atom. The second kappa shape index (κ2) is 8.47. The normalized spacial score (nSPS) is 15.2. The van der Waals surface area contributed by atoms with E-state index in [2.05, 4.69) is 10.5 Å². The maximum atomic E-state index is 13.5. The van der Waals surface area contributed by atoms with Crippen molar-refractivity contribution < 1.29 is 18.4 Å². The molecule has 1 aromatic heterocycles. The molecule has 5 nitrogen and oxygen atoms in total. The van der Waals surface area contributed by atoms with E-state index in [1.54, 1.807) is 19.2 Å². The molecule has 0 saturated heterocycles. The van der Waals surface area contributed by atoms with Crippen LogP contribution >= 0.6 is 0 Å². The first-order valence-corrected chi connectivity index (χ1v) is 9.80. The van der Waals surface area contributed by atoms with Gasteiger partial charge in [0, 0.05) is 17.7 Å². The van der Waals surface area contributed by atoms with Crippen LogP contribution in [0.1, 0.15) is 59.3 Å². The molecule has 0 bridgehead atoms. The molecular formula is C23H23FN2O3. The van der Waals surface area contributed by atoms with Crippen LogP contribution in [-0.4, -0.2) is 18.0 Å². The first kappa shape index (κ1) is 19.2. The maximum absolute atomic E-state index is 13.5. The van der Waals surface area contributed by atoms with Gasteiger partial charge in [-0.05, 0) is 42.7 Å². The maximum Gasteiger partial charge on any atom is 0.194 e. The number of hydrogen-bond acceptors (Lipinski definition) is 5. The lowest BCUT2D eigenvalue weighted by Crippen LogP contribution is -2.22. The van der Waals surface area contributed by atoms with Crippen LogP contribution in [0.3, 0.4) is 0 Å². The lowest BCUT2D eigenvalue weighted by Gasteiger charge is -2.20. The van der Waals surface area contributed by atoms with Crippen LogP contribution in [0.15, 0.2) is 59.3 Å². The van der Waals surface area contributed by atoms with Crippen LogP contribution in [0.5, 0.6) is 5.75 Å². The minimum absolute atomic E-state index is 0.150. The topological polar surface area (TPSA) is 64.4 Å². The van der Waals surface area contributed by atoms with Crippen molar-refractivity contribution in [2.75, 3.05) is 12.4 Å². The van der Waals surface area contributed by atoms with Crippen LogP contribution in [0.25, 0.3) is 0 Å². The number of carbonyl (C=O) groups is 1. The van der Waals surface area contributed by atoms with Crippen molar-refractivity contribution in [3.8, 4) is 5.75 Å². The SMILES string of the molecule is COc1cccc(NC(C(=O)c2conc2C2CCCC2)c2ccc(F)cc2)c1. The number of nitrogens with zero attached hydrogens (tertiary/aromatic N) is 1. The van der Waals surface area contributed by atoms with Crippen LogP contribution in [0.2, 0.25) is 0 Å². The highest BCUT2D eigenvalue weighted by Gasteiger charge is 2.31. The first-order valence-electron chi connectivity index (χ1n) is 9.80.